The Bertz CT molecular complexity index is 1120. The van der Waals surface area contributed by atoms with E-state index < -0.39 is 11.7 Å². The second-order valence-corrected chi connectivity index (χ2v) is 8.52. The molecular weight excluding hydrogens is 429 g/mol. The molecule has 1 amide bonds. The number of aromatic nitrogens is 2. The molecule has 1 fully saturated rings. The topological polar surface area (TPSA) is 50.2 Å². The molecule has 0 bridgehead atoms. The van der Waals surface area contributed by atoms with E-state index in [1.807, 2.05) is 44.2 Å². The molecule has 0 atom stereocenters. The lowest BCUT2D eigenvalue weighted by atomic mass is 10.0. The molecule has 33 heavy (non-hydrogen) atoms. The van der Waals surface area contributed by atoms with Gasteiger partial charge in [-0.3, -0.25) is 9.69 Å². The zero-order valence-electron chi connectivity index (χ0n) is 18.7. The van der Waals surface area contributed by atoms with Gasteiger partial charge in [0.05, 0.1) is 28.2 Å². The zero-order valence-corrected chi connectivity index (χ0v) is 18.7. The van der Waals surface area contributed by atoms with Crippen LogP contribution >= 0.6 is 0 Å². The summed E-state index contributed by atoms with van der Waals surface area (Å²) in [6.07, 6.45) is -2.84. The summed E-state index contributed by atoms with van der Waals surface area (Å²) in [6.45, 7) is 5.61. The Morgan fingerprint density at radius 2 is 1.76 bits per heavy atom. The Kier molecular flexibility index (Phi) is 6.56. The molecule has 2 heterocycles. The number of nitrogens with one attached hydrogen (secondary N) is 1. The molecular formula is C25H27F3N4O. The van der Waals surface area contributed by atoms with Crippen molar-refractivity contribution in [1.82, 2.24) is 20.0 Å². The highest BCUT2D eigenvalue weighted by Gasteiger charge is 2.31. The van der Waals surface area contributed by atoms with Gasteiger partial charge in [0, 0.05) is 25.7 Å². The molecule has 1 aliphatic heterocycles. The first-order valence-electron chi connectivity index (χ1n) is 11.0. The predicted molar refractivity (Wildman–Crippen MR) is 120 cm³/mol. The minimum atomic E-state index is -4.34. The number of carbonyl (C=O) groups excluding carboxylic acids is 1. The number of hydrogen-bond acceptors (Lipinski definition) is 3. The fourth-order valence-electron chi connectivity index (χ4n) is 4.39. The summed E-state index contributed by atoms with van der Waals surface area (Å²) in [5.74, 6) is -0.136. The highest BCUT2D eigenvalue weighted by molar-refractivity contribution is 5.96. The predicted octanol–water partition coefficient (Wildman–Crippen LogP) is 4.90. The van der Waals surface area contributed by atoms with Gasteiger partial charge in [-0.05, 0) is 50.5 Å². The molecule has 3 aromatic rings. The van der Waals surface area contributed by atoms with E-state index in [9.17, 15) is 18.0 Å². The molecule has 1 aromatic heterocycles. The molecule has 8 heteroatoms. The number of piperidine rings is 1. The van der Waals surface area contributed by atoms with E-state index in [1.54, 1.807) is 10.7 Å². The van der Waals surface area contributed by atoms with Crippen LogP contribution in [0.1, 0.15) is 45.7 Å². The minimum Gasteiger partial charge on any atom is -0.349 e. The number of amides is 1. The summed E-state index contributed by atoms with van der Waals surface area (Å²) < 4.78 is 40.6. The number of carbonyl (C=O) groups is 1. The third-order valence-corrected chi connectivity index (χ3v) is 6.10. The molecule has 0 unspecified atom stereocenters. The van der Waals surface area contributed by atoms with Gasteiger partial charge in [-0.15, -0.1) is 0 Å². The average Bonchev–Trinajstić information content (AvgIpc) is 3.09. The molecule has 1 N–H and O–H groups in total. The van der Waals surface area contributed by atoms with Crippen molar-refractivity contribution in [2.45, 2.75) is 45.5 Å². The second-order valence-electron chi connectivity index (χ2n) is 8.52. The van der Waals surface area contributed by atoms with Crippen LogP contribution in [0.2, 0.25) is 0 Å². The maximum atomic E-state index is 13.0. The summed E-state index contributed by atoms with van der Waals surface area (Å²) in [4.78, 5) is 15.1. The summed E-state index contributed by atoms with van der Waals surface area (Å²) in [6, 6.07) is 15.2. The molecule has 5 nitrogen and oxygen atoms in total. The fourth-order valence-corrected chi connectivity index (χ4v) is 4.39. The molecule has 2 aromatic carbocycles. The van der Waals surface area contributed by atoms with Gasteiger partial charge < -0.3 is 5.32 Å². The van der Waals surface area contributed by atoms with Crippen LogP contribution in [0.25, 0.3) is 5.69 Å². The van der Waals surface area contributed by atoms with E-state index in [1.165, 1.54) is 12.1 Å². The van der Waals surface area contributed by atoms with Gasteiger partial charge in [-0.2, -0.15) is 18.3 Å². The molecule has 0 radical (unpaired) electrons. The highest BCUT2D eigenvalue weighted by atomic mass is 19.4. The summed E-state index contributed by atoms with van der Waals surface area (Å²) in [5, 5.41) is 7.67. The molecule has 4 rings (SSSR count). The van der Waals surface area contributed by atoms with Crippen LogP contribution in [0, 0.1) is 13.8 Å². The molecule has 0 spiro atoms. The van der Waals surface area contributed by atoms with Crippen molar-refractivity contribution >= 4 is 5.91 Å². The third-order valence-electron chi connectivity index (χ3n) is 6.10. The SMILES string of the molecule is Cc1nn(-c2ccccc2)c(C)c1C(=O)NC1CCN(Cc2cccc(C(F)(F)F)c2)CC1. The minimum absolute atomic E-state index is 0.0223. The monoisotopic (exact) mass is 456 g/mol. The quantitative estimate of drug-likeness (QED) is 0.594. The van der Waals surface area contributed by atoms with Gasteiger partial charge in [0.1, 0.15) is 0 Å². The number of nitrogens with zero attached hydrogens (tertiary/aromatic N) is 3. The second kappa shape index (κ2) is 9.39. The molecule has 0 aliphatic carbocycles. The van der Waals surface area contributed by atoms with E-state index in [0.717, 1.165) is 30.3 Å². The lowest BCUT2D eigenvalue weighted by Gasteiger charge is -2.32. The van der Waals surface area contributed by atoms with Gasteiger partial charge in [0.25, 0.3) is 5.91 Å². The Labute approximate surface area is 191 Å². The maximum Gasteiger partial charge on any atom is 0.416 e. The van der Waals surface area contributed by atoms with Crippen LogP contribution in [0.15, 0.2) is 54.6 Å². The van der Waals surface area contributed by atoms with Crippen molar-refractivity contribution in [3.8, 4) is 5.69 Å². The van der Waals surface area contributed by atoms with Crippen molar-refractivity contribution in [2.75, 3.05) is 13.1 Å². The van der Waals surface area contributed by atoms with Crippen molar-refractivity contribution in [3.63, 3.8) is 0 Å². The molecule has 1 aliphatic rings. The number of para-hydroxylation sites is 1. The van der Waals surface area contributed by atoms with Gasteiger partial charge in [0.2, 0.25) is 0 Å². The van der Waals surface area contributed by atoms with Gasteiger partial charge in [-0.25, -0.2) is 4.68 Å². The highest BCUT2D eigenvalue weighted by Crippen LogP contribution is 2.30. The van der Waals surface area contributed by atoms with Crippen LogP contribution in [-0.4, -0.2) is 39.7 Å². The Hall–Kier alpha value is -3.13. The summed E-state index contributed by atoms with van der Waals surface area (Å²) in [5.41, 5.74) is 2.98. The number of rotatable bonds is 5. The summed E-state index contributed by atoms with van der Waals surface area (Å²) >= 11 is 0. The molecule has 174 valence electrons. The van der Waals surface area contributed by atoms with Gasteiger partial charge >= 0.3 is 6.18 Å². The van der Waals surface area contributed by atoms with Gasteiger partial charge in [0.15, 0.2) is 0 Å². The van der Waals surface area contributed by atoms with Crippen LogP contribution in [0.4, 0.5) is 13.2 Å². The Morgan fingerprint density at radius 1 is 1.06 bits per heavy atom. The lowest BCUT2D eigenvalue weighted by molar-refractivity contribution is -0.137. The van der Waals surface area contributed by atoms with Crippen molar-refractivity contribution in [2.24, 2.45) is 0 Å². The zero-order chi connectivity index (χ0) is 23.6. The van der Waals surface area contributed by atoms with E-state index in [-0.39, 0.29) is 11.9 Å². The van der Waals surface area contributed by atoms with Crippen LogP contribution < -0.4 is 5.32 Å². The third kappa shape index (κ3) is 5.27. The first-order chi connectivity index (χ1) is 15.7. The number of alkyl halides is 3. The number of halogens is 3. The van der Waals surface area contributed by atoms with Crippen molar-refractivity contribution in [3.05, 3.63) is 82.7 Å². The van der Waals surface area contributed by atoms with Crippen molar-refractivity contribution in [1.29, 1.82) is 0 Å². The smallest absolute Gasteiger partial charge is 0.349 e. The standard InChI is InChI=1S/C25H27F3N4O/c1-17-23(18(2)32(30-17)22-9-4-3-5-10-22)24(33)29-21-11-13-31(14-12-21)16-19-7-6-8-20(15-19)25(26,27)28/h3-10,15,21H,11-14,16H2,1-2H3,(H,29,33). The van der Waals surface area contributed by atoms with Gasteiger partial charge in [-0.1, -0.05) is 36.4 Å². The Morgan fingerprint density at radius 3 is 2.42 bits per heavy atom. The van der Waals surface area contributed by atoms with E-state index in [2.05, 4.69) is 15.3 Å². The maximum absolute atomic E-state index is 13.0. The lowest BCUT2D eigenvalue weighted by Crippen LogP contribution is -2.44. The fraction of sp³-hybridized carbons (Fsp3) is 0.360. The van der Waals surface area contributed by atoms with E-state index in [0.29, 0.717) is 36.5 Å². The largest absolute Gasteiger partial charge is 0.416 e. The van der Waals surface area contributed by atoms with E-state index >= 15 is 0 Å². The average molecular weight is 457 g/mol. The summed E-state index contributed by atoms with van der Waals surface area (Å²) in [7, 11) is 0. The number of likely N-dealkylation sites (tertiary alicyclic amines) is 1. The van der Waals surface area contributed by atoms with Crippen LogP contribution in [-0.2, 0) is 12.7 Å². The molecule has 0 saturated carbocycles. The van der Waals surface area contributed by atoms with E-state index in [4.69, 9.17) is 0 Å². The Balaban J connectivity index is 1.35. The first kappa shape index (κ1) is 23.0. The normalized spacial score (nSPS) is 15.5. The van der Waals surface area contributed by atoms with Crippen molar-refractivity contribution < 1.29 is 18.0 Å². The molecule has 1 saturated heterocycles. The first-order valence-corrected chi connectivity index (χ1v) is 11.0. The number of benzene rings is 2. The number of hydrogen-bond donors (Lipinski definition) is 1. The van der Waals surface area contributed by atoms with Crippen LogP contribution in [0.3, 0.4) is 0 Å². The number of aryl methyl sites for hydroxylation is 1. The van der Waals surface area contributed by atoms with Crippen LogP contribution in [0.5, 0.6) is 0 Å².